The van der Waals surface area contributed by atoms with Gasteiger partial charge in [0.2, 0.25) is 5.88 Å². The van der Waals surface area contributed by atoms with Crippen LogP contribution in [0.25, 0.3) is 0 Å². The van der Waals surface area contributed by atoms with Crippen molar-refractivity contribution in [1.29, 1.82) is 0 Å². The SMILES string of the molecule is CC(C)(C)OC(=O)N1CCC(OC(=O)c2ccc(OC3CCN(C(=O)OC(C)(C)C)CC3)nn2)CC1. The molecule has 0 aliphatic carbocycles. The summed E-state index contributed by atoms with van der Waals surface area (Å²) in [6, 6.07) is 3.12. The van der Waals surface area contributed by atoms with Gasteiger partial charge in [-0.15, -0.1) is 10.2 Å². The summed E-state index contributed by atoms with van der Waals surface area (Å²) in [4.78, 5) is 40.2. The highest BCUT2D eigenvalue weighted by atomic mass is 16.6. The van der Waals surface area contributed by atoms with Crippen LogP contribution in [0, 0.1) is 0 Å². The molecule has 2 amide bonds. The van der Waals surface area contributed by atoms with Crippen molar-refractivity contribution < 1.29 is 33.3 Å². The smallest absolute Gasteiger partial charge is 0.410 e. The lowest BCUT2D eigenvalue weighted by molar-refractivity contribution is -0.00383. The van der Waals surface area contributed by atoms with E-state index in [9.17, 15) is 14.4 Å². The number of hydrogen-bond acceptors (Lipinski definition) is 9. The Morgan fingerprint density at radius 2 is 1.22 bits per heavy atom. The maximum atomic E-state index is 12.5. The fraction of sp³-hybridized carbons (Fsp3) is 0.720. The summed E-state index contributed by atoms with van der Waals surface area (Å²) in [7, 11) is 0. The Morgan fingerprint density at radius 3 is 1.64 bits per heavy atom. The fourth-order valence-corrected chi connectivity index (χ4v) is 3.84. The van der Waals surface area contributed by atoms with Crippen LogP contribution in [0.5, 0.6) is 5.88 Å². The van der Waals surface area contributed by atoms with E-state index in [1.54, 1.807) is 15.9 Å². The third-order valence-corrected chi connectivity index (χ3v) is 5.60. The standard InChI is InChI=1S/C25H38N4O7/c1-24(2,3)35-22(31)28-13-9-17(10-14-28)33-20-8-7-19(26-27-20)21(30)34-18-11-15-29(16-12-18)23(32)36-25(4,5)6/h7-8,17-18H,9-16H2,1-6H3. The average Bonchev–Trinajstić information content (AvgIpc) is 2.78. The molecule has 0 bridgehead atoms. The molecule has 36 heavy (non-hydrogen) atoms. The van der Waals surface area contributed by atoms with Gasteiger partial charge < -0.3 is 28.7 Å². The van der Waals surface area contributed by atoms with Crippen molar-refractivity contribution >= 4 is 18.2 Å². The van der Waals surface area contributed by atoms with Crippen molar-refractivity contribution in [3.05, 3.63) is 17.8 Å². The number of ether oxygens (including phenoxy) is 4. The maximum absolute atomic E-state index is 12.5. The lowest BCUT2D eigenvalue weighted by atomic mass is 10.1. The van der Waals surface area contributed by atoms with E-state index in [1.807, 2.05) is 41.5 Å². The molecule has 1 aromatic heterocycles. The van der Waals surface area contributed by atoms with Crippen molar-refractivity contribution in [3.8, 4) is 5.88 Å². The summed E-state index contributed by atoms with van der Waals surface area (Å²) in [5, 5.41) is 7.97. The Balaban J connectivity index is 1.41. The Bertz CT molecular complexity index is 908. The molecule has 0 atom stereocenters. The number of piperidine rings is 2. The van der Waals surface area contributed by atoms with Crippen LogP contribution in [0.2, 0.25) is 0 Å². The molecule has 0 aromatic carbocycles. The van der Waals surface area contributed by atoms with Gasteiger partial charge >= 0.3 is 18.2 Å². The van der Waals surface area contributed by atoms with Crippen LogP contribution >= 0.6 is 0 Å². The third kappa shape index (κ3) is 8.53. The first kappa shape index (κ1) is 27.5. The van der Waals surface area contributed by atoms with Gasteiger partial charge in [-0.3, -0.25) is 0 Å². The molecule has 0 unspecified atom stereocenters. The molecule has 2 fully saturated rings. The van der Waals surface area contributed by atoms with Crippen molar-refractivity contribution in [2.24, 2.45) is 0 Å². The lowest BCUT2D eigenvalue weighted by Crippen LogP contribution is -2.44. The molecule has 0 radical (unpaired) electrons. The molecular formula is C25H38N4O7. The molecule has 1 aromatic rings. The van der Waals surface area contributed by atoms with Crippen molar-refractivity contribution in [3.63, 3.8) is 0 Å². The Morgan fingerprint density at radius 1 is 0.750 bits per heavy atom. The molecule has 2 saturated heterocycles. The number of hydrogen-bond donors (Lipinski definition) is 0. The third-order valence-electron chi connectivity index (χ3n) is 5.60. The van der Waals surface area contributed by atoms with Crippen LogP contribution in [-0.4, -0.2) is 87.7 Å². The van der Waals surface area contributed by atoms with E-state index in [0.29, 0.717) is 57.7 Å². The largest absolute Gasteiger partial charge is 0.473 e. The van der Waals surface area contributed by atoms with Crippen molar-refractivity contribution in [2.45, 2.75) is 90.6 Å². The number of aromatic nitrogens is 2. The van der Waals surface area contributed by atoms with E-state index in [-0.39, 0.29) is 30.1 Å². The van der Waals surface area contributed by atoms with Crippen molar-refractivity contribution in [2.75, 3.05) is 26.2 Å². The van der Waals surface area contributed by atoms with Crippen LogP contribution in [0.1, 0.15) is 77.7 Å². The quantitative estimate of drug-likeness (QED) is 0.443. The van der Waals surface area contributed by atoms with E-state index < -0.39 is 17.2 Å². The minimum Gasteiger partial charge on any atom is -0.473 e. The molecule has 200 valence electrons. The Kier molecular flexibility index (Phi) is 8.63. The van der Waals surface area contributed by atoms with Crippen LogP contribution < -0.4 is 4.74 Å². The summed E-state index contributed by atoms with van der Waals surface area (Å²) in [6.07, 6.45) is 1.26. The minimum atomic E-state index is -0.560. The summed E-state index contributed by atoms with van der Waals surface area (Å²) < 4.78 is 22.2. The number of likely N-dealkylation sites (tertiary alicyclic amines) is 2. The number of carbonyl (C=O) groups excluding carboxylic acids is 3. The molecular weight excluding hydrogens is 468 g/mol. The zero-order valence-electron chi connectivity index (χ0n) is 22.1. The summed E-state index contributed by atoms with van der Waals surface area (Å²) in [6.45, 7) is 13.0. The first-order valence-electron chi connectivity index (χ1n) is 12.5. The first-order chi connectivity index (χ1) is 16.8. The molecule has 0 saturated carbocycles. The minimum absolute atomic E-state index is 0.0941. The highest BCUT2D eigenvalue weighted by molar-refractivity contribution is 5.87. The van der Waals surface area contributed by atoms with Crippen LogP contribution in [0.3, 0.4) is 0 Å². The molecule has 11 heteroatoms. The van der Waals surface area contributed by atoms with Crippen LogP contribution in [0.4, 0.5) is 9.59 Å². The molecule has 0 N–H and O–H groups in total. The van der Waals surface area contributed by atoms with Gasteiger partial charge in [0.1, 0.15) is 23.4 Å². The van der Waals surface area contributed by atoms with Gasteiger partial charge in [0.05, 0.1) is 0 Å². The zero-order valence-corrected chi connectivity index (χ0v) is 22.1. The second-order valence-corrected chi connectivity index (χ2v) is 11.1. The number of nitrogens with zero attached hydrogens (tertiary/aromatic N) is 4. The van der Waals surface area contributed by atoms with E-state index in [4.69, 9.17) is 18.9 Å². The van der Waals surface area contributed by atoms with E-state index >= 15 is 0 Å². The molecule has 3 heterocycles. The Labute approximate surface area is 212 Å². The highest BCUT2D eigenvalue weighted by Gasteiger charge is 2.30. The number of carbonyl (C=O) groups is 3. The van der Waals surface area contributed by atoms with Gasteiger partial charge in [-0.2, -0.15) is 0 Å². The van der Waals surface area contributed by atoms with Gasteiger partial charge in [0.15, 0.2) is 5.69 Å². The summed E-state index contributed by atoms with van der Waals surface area (Å²) in [5.74, 6) is -0.247. The molecule has 2 aliphatic rings. The normalized spacial score (nSPS) is 17.9. The zero-order chi connectivity index (χ0) is 26.5. The summed E-state index contributed by atoms with van der Waals surface area (Å²) >= 11 is 0. The molecule has 3 rings (SSSR count). The predicted octanol–water partition coefficient (Wildman–Crippen LogP) is 3.81. The second-order valence-electron chi connectivity index (χ2n) is 11.1. The molecule has 2 aliphatic heterocycles. The van der Waals surface area contributed by atoms with Gasteiger partial charge in [-0.05, 0) is 47.6 Å². The molecule has 11 nitrogen and oxygen atoms in total. The maximum Gasteiger partial charge on any atom is 0.410 e. The fourth-order valence-electron chi connectivity index (χ4n) is 3.84. The van der Waals surface area contributed by atoms with Gasteiger partial charge in [0.25, 0.3) is 0 Å². The highest BCUT2D eigenvalue weighted by Crippen LogP contribution is 2.21. The number of esters is 1. The van der Waals surface area contributed by atoms with E-state index in [1.165, 1.54) is 6.07 Å². The van der Waals surface area contributed by atoms with Crippen molar-refractivity contribution in [1.82, 2.24) is 20.0 Å². The van der Waals surface area contributed by atoms with Crippen LogP contribution in [-0.2, 0) is 14.2 Å². The van der Waals surface area contributed by atoms with Crippen LogP contribution in [0.15, 0.2) is 12.1 Å². The van der Waals surface area contributed by atoms with E-state index in [2.05, 4.69) is 10.2 Å². The van der Waals surface area contributed by atoms with Gasteiger partial charge in [0, 0.05) is 57.9 Å². The average molecular weight is 507 g/mol. The second kappa shape index (κ2) is 11.3. The number of rotatable bonds is 4. The summed E-state index contributed by atoms with van der Waals surface area (Å²) in [5.41, 5.74) is -0.983. The topological polar surface area (TPSA) is 120 Å². The molecule has 0 spiro atoms. The predicted molar refractivity (Wildman–Crippen MR) is 130 cm³/mol. The van der Waals surface area contributed by atoms with Gasteiger partial charge in [-0.25, -0.2) is 14.4 Å². The monoisotopic (exact) mass is 506 g/mol. The van der Waals surface area contributed by atoms with E-state index in [0.717, 1.165) is 0 Å². The lowest BCUT2D eigenvalue weighted by Gasteiger charge is -2.33. The first-order valence-corrected chi connectivity index (χ1v) is 12.5. The number of amides is 2. The Hall–Kier alpha value is -3.11. The van der Waals surface area contributed by atoms with Gasteiger partial charge in [-0.1, -0.05) is 0 Å².